The van der Waals surface area contributed by atoms with Crippen molar-refractivity contribution in [3.63, 3.8) is 0 Å². The van der Waals surface area contributed by atoms with Gasteiger partial charge in [-0.25, -0.2) is 0 Å². The van der Waals surface area contributed by atoms with Gasteiger partial charge < -0.3 is 10.6 Å². The summed E-state index contributed by atoms with van der Waals surface area (Å²) in [6, 6.07) is 0. The van der Waals surface area contributed by atoms with Crippen molar-refractivity contribution in [2.24, 2.45) is 5.92 Å². The van der Waals surface area contributed by atoms with Gasteiger partial charge in [0.15, 0.2) is 0 Å². The number of nitrogens with one attached hydrogen (secondary N) is 2. The van der Waals surface area contributed by atoms with Gasteiger partial charge in [-0.2, -0.15) is 0 Å². The quantitative estimate of drug-likeness (QED) is 0.604. The van der Waals surface area contributed by atoms with E-state index in [2.05, 4.69) is 24.1 Å². The van der Waals surface area contributed by atoms with Crippen molar-refractivity contribution in [2.45, 2.75) is 46.5 Å². The molecule has 0 aromatic rings. The maximum Gasteiger partial charge on any atom is 0.239 e. The maximum atomic E-state index is 12.1. The number of likely N-dealkylation sites (N-methyl/N-ethyl adjacent to an activating group) is 1. The lowest BCUT2D eigenvalue weighted by molar-refractivity contribution is -0.128. The molecule has 0 aromatic heterocycles. The van der Waals surface area contributed by atoms with Crippen molar-refractivity contribution in [1.29, 1.82) is 0 Å². The molecule has 1 unspecified atom stereocenters. The van der Waals surface area contributed by atoms with Crippen LogP contribution in [0, 0.1) is 5.92 Å². The molecule has 0 aliphatic rings. The van der Waals surface area contributed by atoms with Crippen LogP contribution >= 0.6 is 0 Å². The van der Waals surface area contributed by atoms with E-state index in [1.54, 1.807) is 6.08 Å². The fourth-order valence-electron chi connectivity index (χ4n) is 1.79. The highest BCUT2D eigenvalue weighted by Gasteiger charge is 2.17. The van der Waals surface area contributed by atoms with Gasteiger partial charge in [0.1, 0.15) is 0 Å². The second-order valence-corrected chi connectivity index (χ2v) is 4.90. The van der Waals surface area contributed by atoms with Crippen molar-refractivity contribution >= 4 is 11.8 Å². The van der Waals surface area contributed by atoms with Crippen molar-refractivity contribution in [3.8, 4) is 0 Å². The van der Waals surface area contributed by atoms with Gasteiger partial charge in [0.05, 0.1) is 6.54 Å². The van der Waals surface area contributed by atoms with Crippen LogP contribution in [0.1, 0.15) is 46.5 Å². The average molecular weight is 280 g/mol. The molecule has 114 valence electrons. The molecule has 20 heavy (non-hydrogen) atoms. The normalized spacial score (nSPS) is 12.7. The highest BCUT2D eigenvalue weighted by atomic mass is 16.2. The molecule has 0 saturated carbocycles. The lowest BCUT2D eigenvalue weighted by atomic mass is 9.96. The molecule has 4 heteroatoms. The van der Waals surface area contributed by atoms with E-state index in [9.17, 15) is 9.59 Å². The Bertz CT molecular complexity index is 348. The van der Waals surface area contributed by atoms with E-state index in [1.807, 2.05) is 19.9 Å². The van der Waals surface area contributed by atoms with Crippen LogP contribution in [0.15, 0.2) is 24.3 Å². The molecular weight excluding hydrogens is 252 g/mol. The molecular formula is C16H28N2O2. The Hall–Kier alpha value is -1.58. The molecule has 0 spiro atoms. The van der Waals surface area contributed by atoms with Crippen LogP contribution in [0.4, 0.5) is 0 Å². The first-order valence-electron chi connectivity index (χ1n) is 7.38. The van der Waals surface area contributed by atoms with Gasteiger partial charge in [0.25, 0.3) is 0 Å². The summed E-state index contributed by atoms with van der Waals surface area (Å²) in [6.07, 6.45) is 7.42. The molecule has 1 atom stereocenters. The first kappa shape index (κ1) is 18.4. The standard InChI is InChI=1S/C16H28N2O2/c1-5-8-9-14(11-10-13(4)6-2)16(20)18-12-15(19)17-7-3/h6,10,14H,2,5,7-9,11-12H2,1,3-4H3,(H,17,19)(H,18,20)/b13-10-. The fraction of sp³-hybridized carbons (Fsp3) is 0.625. The zero-order valence-electron chi connectivity index (χ0n) is 13.0. The highest BCUT2D eigenvalue weighted by molar-refractivity contribution is 5.85. The predicted molar refractivity (Wildman–Crippen MR) is 83.3 cm³/mol. The number of carbonyl (C=O) groups is 2. The number of amides is 2. The smallest absolute Gasteiger partial charge is 0.239 e. The summed E-state index contributed by atoms with van der Waals surface area (Å²) >= 11 is 0. The van der Waals surface area contributed by atoms with Crippen LogP contribution < -0.4 is 10.6 Å². The fourth-order valence-corrected chi connectivity index (χ4v) is 1.79. The van der Waals surface area contributed by atoms with Crippen LogP contribution in [-0.4, -0.2) is 24.9 Å². The highest BCUT2D eigenvalue weighted by Crippen LogP contribution is 2.15. The molecule has 0 radical (unpaired) electrons. The monoisotopic (exact) mass is 280 g/mol. The number of rotatable bonds is 10. The summed E-state index contributed by atoms with van der Waals surface area (Å²) in [6.45, 7) is 10.3. The predicted octanol–water partition coefficient (Wildman–Crippen LogP) is 2.57. The van der Waals surface area contributed by atoms with Crippen molar-refractivity contribution in [3.05, 3.63) is 24.3 Å². The van der Waals surface area contributed by atoms with Gasteiger partial charge in [0.2, 0.25) is 11.8 Å². The molecule has 0 aliphatic carbocycles. The first-order valence-corrected chi connectivity index (χ1v) is 7.38. The largest absolute Gasteiger partial charge is 0.355 e. The van der Waals surface area contributed by atoms with E-state index in [-0.39, 0.29) is 24.3 Å². The second kappa shape index (κ2) is 11.3. The molecule has 0 bridgehead atoms. The van der Waals surface area contributed by atoms with Gasteiger partial charge in [0, 0.05) is 12.5 Å². The molecule has 0 fully saturated rings. The van der Waals surface area contributed by atoms with E-state index < -0.39 is 0 Å². The zero-order valence-corrected chi connectivity index (χ0v) is 13.0. The Morgan fingerprint density at radius 1 is 1.25 bits per heavy atom. The van der Waals surface area contributed by atoms with E-state index in [1.165, 1.54) is 0 Å². The summed E-state index contributed by atoms with van der Waals surface area (Å²) < 4.78 is 0. The lowest BCUT2D eigenvalue weighted by Crippen LogP contribution is -2.39. The van der Waals surface area contributed by atoms with Crippen molar-refractivity contribution in [1.82, 2.24) is 10.6 Å². The summed E-state index contributed by atoms with van der Waals surface area (Å²) in [7, 11) is 0. The van der Waals surface area contributed by atoms with Gasteiger partial charge in [-0.1, -0.05) is 44.1 Å². The van der Waals surface area contributed by atoms with E-state index in [4.69, 9.17) is 0 Å². The van der Waals surface area contributed by atoms with Crippen LogP contribution in [0.5, 0.6) is 0 Å². The van der Waals surface area contributed by atoms with Gasteiger partial charge in [-0.15, -0.1) is 0 Å². The maximum absolute atomic E-state index is 12.1. The number of hydrogen-bond acceptors (Lipinski definition) is 2. The third-order valence-electron chi connectivity index (χ3n) is 3.12. The Morgan fingerprint density at radius 3 is 2.50 bits per heavy atom. The topological polar surface area (TPSA) is 58.2 Å². The first-order chi connectivity index (χ1) is 9.54. The van der Waals surface area contributed by atoms with Crippen molar-refractivity contribution < 1.29 is 9.59 Å². The minimum Gasteiger partial charge on any atom is -0.355 e. The minimum atomic E-state index is -0.145. The van der Waals surface area contributed by atoms with E-state index in [0.717, 1.165) is 24.8 Å². The third kappa shape index (κ3) is 8.51. The Balaban J connectivity index is 4.40. The summed E-state index contributed by atoms with van der Waals surface area (Å²) in [4.78, 5) is 23.5. The van der Waals surface area contributed by atoms with E-state index >= 15 is 0 Å². The van der Waals surface area contributed by atoms with Gasteiger partial charge in [-0.05, 0) is 26.7 Å². The number of hydrogen-bond donors (Lipinski definition) is 2. The van der Waals surface area contributed by atoms with Gasteiger partial charge >= 0.3 is 0 Å². The number of carbonyl (C=O) groups excluding carboxylic acids is 2. The van der Waals surface area contributed by atoms with Crippen molar-refractivity contribution in [2.75, 3.05) is 13.1 Å². The minimum absolute atomic E-state index is 0.0437. The number of allylic oxidation sites excluding steroid dienone is 3. The van der Waals surface area contributed by atoms with E-state index in [0.29, 0.717) is 13.0 Å². The molecule has 0 saturated heterocycles. The summed E-state index contributed by atoms with van der Waals surface area (Å²) in [5.74, 6) is -0.259. The van der Waals surface area contributed by atoms with Gasteiger partial charge in [-0.3, -0.25) is 9.59 Å². The summed E-state index contributed by atoms with van der Waals surface area (Å²) in [5.41, 5.74) is 1.07. The number of unbranched alkanes of at least 4 members (excludes halogenated alkanes) is 1. The Kier molecular flexibility index (Phi) is 10.4. The molecule has 0 rings (SSSR count). The molecule has 2 N–H and O–H groups in total. The molecule has 2 amide bonds. The second-order valence-electron chi connectivity index (χ2n) is 4.90. The van der Waals surface area contributed by atoms with Crippen LogP contribution in [0.2, 0.25) is 0 Å². The zero-order chi connectivity index (χ0) is 15.4. The van der Waals surface area contributed by atoms with Crippen LogP contribution in [0.25, 0.3) is 0 Å². The lowest BCUT2D eigenvalue weighted by Gasteiger charge is -2.15. The average Bonchev–Trinajstić information content (AvgIpc) is 2.44. The van der Waals surface area contributed by atoms with Crippen LogP contribution in [-0.2, 0) is 9.59 Å². The van der Waals surface area contributed by atoms with Crippen LogP contribution in [0.3, 0.4) is 0 Å². The third-order valence-corrected chi connectivity index (χ3v) is 3.12. The SMILES string of the molecule is C=C/C(C)=C\CC(CCCC)C(=O)NCC(=O)NCC. The molecule has 0 heterocycles. The molecule has 4 nitrogen and oxygen atoms in total. The Labute approximate surface area is 122 Å². The molecule has 0 aliphatic heterocycles. The molecule has 0 aromatic carbocycles. The summed E-state index contributed by atoms with van der Waals surface area (Å²) in [5, 5.41) is 5.38. The Morgan fingerprint density at radius 2 is 1.95 bits per heavy atom.